The molecule has 1 amide bonds. The van der Waals surface area contributed by atoms with Gasteiger partial charge in [0, 0.05) is 13.5 Å². The zero-order valence-corrected chi connectivity index (χ0v) is 12.2. The molecule has 2 aromatic rings. The lowest BCUT2D eigenvalue weighted by molar-refractivity contribution is -0.116. The Kier molecular flexibility index (Phi) is 5.64. The Morgan fingerprint density at radius 2 is 2.10 bits per heavy atom. The summed E-state index contributed by atoms with van der Waals surface area (Å²) < 4.78 is 4.96. The second-order valence-corrected chi connectivity index (χ2v) is 5.38. The van der Waals surface area contributed by atoms with Gasteiger partial charge in [0.25, 0.3) is 0 Å². The van der Waals surface area contributed by atoms with Gasteiger partial charge in [-0.3, -0.25) is 4.79 Å². The van der Waals surface area contributed by atoms with E-state index in [-0.39, 0.29) is 5.91 Å². The number of ether oxygens (including phenoxy) is 1. The number of rotatable bonds is 7. The number of hydrogen-bond acceptors (Lipinski definition) is 5. The van der Waals surface area contributed by atoms with Crippen LogP contribution in [0.5, 0.6) is 0 Å². The third kappa shape index (κ3) is 4.71. The summed E-state index contributed by atoms with van der Waals surface area (Å²) >= 11 is 1.34. The Bertz CT molecular complexity index is 542. The molecule has 6 heteroatoms. The van der Waals surface area contributed by atoms with Gasteiger partial charge in [-0.2, -0.15) is 0 Å². The average molecular weight is 291 g/mol. The third-order valence-corrected chi connectivity index (χ3v) is 3.51. The summed E-state index contributed by atoms with van der Waals surface area (Å²) in [6.45, 7) is 0.418. The lowest BCUT2D eigenvalue weighted by atomic mass is 10.1. The van der Waals surface area contributed by atoms with Gasteiger partial charge in [0.2, 0.25) is 11.0 Å². The number of aromatic nitrogens is 2. The van der Waals surface area contributed by atoms with Gasteiger partial charge in [0.15, 0.2) is 0 Å². The van der Waals surface area contributed by atoms with Crippen LogP contribution >= 0.6 is 11.3 Å². The van der Waals surface area contributed by atoms with Crippen molar-refractivity contribution in [2.45, 2.75) is 25.9 Å². The van der Waals surface area contributed by atoms with Crippen molar-refractivity contribution in [1.82, 2.24) is 10.2 Å². The van der Waals surface area contributed by atoms with Crippen LogP contribution in [0.3, 0.4) is 0 Å². The molecule has 0 radical (unpaired) electrons. The molecule has 0 spiro atoms. The van der Waals surface area contributed by atoms with E-state index in [1.807, 2.05) is 18.2 Å². The first kappa shape index (κ1) is 14.6. The molecule has 2 rings (SSSR count). The second-order valence-electron chi connectivity index (χ2n) is 4.32. The number of carbonyl (C=O) groups excluding carboxylic acids is 1. The maximum atomic E-state index is 11.8. The molecule has 0 aliphatic heterocycles. The van der Waals surface area contributed by atoms with Crippen LogP contribution < -0.4 is 5.32 Å². The normalized spacial score (nSPS) is 10.4. The number of methoxy groups -OCH3 is 1. The summed E-state index contributed by atoms with van der Waals surface area (Å²) in [7, 11) is 1.60. The fraction of sp³-hybridized carbons (Fsp3) is 0.357. The molecular weight excluding hydrogens is 274 g/mol. The van der Waals surface area contributed by atoms with Crippen LogP contribution in [-0.4, -0.2) is 23.2 Å². The molecule has 1 aromatic carbocycles. The molecule has 1 N–H and O–H groups in total. The van der Waals surface area contributed by atoms with Crippen LogP contribution in [0, 0.1) is 0 Å². The molecule has 1 aromatic heterocycles. The minimum atomic E-state index is -0.0268. The first-order valence-electron chi connectivity index (χ1n) is 6.43. The highest BCUT2D eigenvalue weighted by Crippen LogP contribution is 2.16. The predicted octanol–water partition coefficient (Wildman–Crippen LogP) is 2.65. The Hall–Kier alpha value is -1.79. The van der Waals surface area contributed by atoms with Gasteiger partial charge in [-0.15, -0.1) is 10.2 Å². The number of nitrogens with zero attached hydrogens (tertiary/aromatic N) is 2. The minimum absolute atomic E-state index is 0.0268. The van der Waals surface area contributed by atoms with Crippen LogP contribution in [0.25, 0.3) is 0 Å². The second kappa shape index (κ2) is 7.72. The standard InChI is InChI=1S/C14H17N3O2S/c1-19-10-13-16-17-14(20-13)15-12(18)9-5-8-11-6-3-2-4-7-11/h2-4,6-7H,5,8-10H2,1H3,(H,15,17,18). The van der Waals surface area contributed by atoms with Crippen molar-refractivity contribution in [3.63, 3.8) is 0 Å². The molecule has 0 atom stereocenters. The molecule has 0 fully saturated rings. The molecule has 0 unspecified atom stereocenters. The molecule has 5 nitrogen and oxygen atoms in total. The van der Waals surface area contributed by atoms with Crippen LogP contribution in [0.4, 0.5) is 5.13 Å². The van der Waals surface area contributed by atoms with E-state index >= 15 is 0 Å². The summed E-state index contributed by atoms with van der Waals surface area (Å²) in [5, 5.41) is 11.9. The van der Waals surface area contributed by atoms with Gasteiger partial charge in [-0.25, -0.2) is 0 Å². The van der Waals surface area contributed by atoms with Gasteiger partial charge in [-0.1, -0.05) is 41.7 Å². The first-order chi connectivity index (χ1) is 9.78. The van der Waals surface area contributed by atoms with E-state index in [0.29, 0.717) is 18.2 Å². The van der Waals surface area contributed by atoms with Crippen molar-refractivity contribution in [3.8, 4) is 0 Å². The third-order valence-electron chi connectivity index (χ3n) is 2.69. The molecule has 1 heterocycles. The van der Waals surface area contributed by atoms with Crippen molar-refractivity contribution < 1.29 is 9.53 Å². The number of anilines is 1. The molecule has 0 saturated heterocycles. The highest BCUT2D eigenvalue weighted by Gasteiger charge is 2.07. The summed E-state index contributed by atoms with van der Waals surface area (Å²) in [6.07, 6.45) is 2.20. The monoisotopic (exact) mass is 291 g/mol. The van der Waals surface area contributed by atoms with Gasteiger partial charge in [-0.05, 0) is 18.4 Å². The molecule has 0 bridgehead atoms. The van der Waals surface area contributed by atoms with Crippen LogP contribution in [-0.2, 0) is 22.6 Å². The smallest absolute Gasteiger partial charge is 0.226 e. The quantitative estimate of drug-likeness (QED) is 0.851. The van der Waals surface area contributed by atoms with E-state index in [9.17, 15) is 4.79 Å². The van der Waals surface area contributed by atoms with E-state index in [0.717, 1.165) is 17.8 Å². The van der Waals surface area contributed by atoms with Crippen LogP contribution in [0.2, 0.25) is 0 Å². The summed E-state index contributed by atoms with van der Waals surface area (Å²) in [5.41, 5.74) is 1.25. The molecule has 0 saturated carbocycles. The number of carbonyl (C=O) groups is 1. The molecule has 0 aliphatic carbocycles. The number of hydrogen-bond donors (Lipinski definition) is 1. The minimum Gasteiger partial charge on any atom is -0.377 e. The van der Waals surface area contributed by atoms with Gasteiger partial charge in [0.1, 0.15) is 11.6 Å². The summed E-state index contributed by atoms with van der Waals surface area (Å²) in [4.78, 5) is 11.8. The number of aryl methyl sites for hydroxylation is 1. The van der Waals surface area contributed by atoms with Gasteiger partial charge < -0.3 is 10.1 Å². The highest BCUT2D eigenvalue weighted by molar-refractivity contribution is 7.15. The van der Waals surface area contributed by atoms with E-state index in [1.54, 1.807) is 7.11 Å². The number of benzene rings is 1. The van der Waals surface area contributed by atoms with E-state index in [1.165, 1.54) is 16.9 Å². The maximum absolute atomic E-state index is 11.8. The summed E-state index contributed by atoms with van der Waals surface area (Å²) in [6, 6.07) is 10.1. The molecule has 106 valence electrons. The van der Waals surface area contributed by atoms with Crippen molar-refractivity contribution in [3.05, 3.63) is 40.9 Å². The first-order valence-corrected chi connectivity index (χ1v) is 7.24. The largest absolute Gasteiger partial charge is 0.377 e. The Labute approximate surface area is 122 Å². The SMILES string of the molecule is COCc1nnc(NC(=O)CCCc2ccccc2)s1. The van der Waals surface area contributed by atoms with Crippen LogP contribution in [0.15, 0.2) is 30.3 Å². The van der Waals surface area contributed by atoms with E-state index in [4.69, 9.17) is 4.74 Å². The Balaban J connectivity index is 1.72. The van der Waals surface area contributed by atoms with Crippen molar-refractivity contribution in [2.75, 3.05) is 12.4 Å². The van der Waals surface area contributed by atoms with Gasteiger partial charge >= 0.3 is 0 Å². The maximum Gasteiger partial charge on any atom is 0.226 e. The summed E-state index contributed by atoms with van der Waals surface area (Å²) in [5.74, 6) is -0.0268. The van der Waals surface area contributed by atoms with Crippen LogP contribution in [0.1, 0.15) is 23.4 Å². The van der Waals surface area contributed by atoms with Gasteiger partial charge in [0.05, 0.1) is 0 Å². The highest BCUT2D eigenvalue weighted by atomic mass is 32.1. The van der Waals surface area contributed by atoms with E-state index < -0.39 is 0 Å². The lowest BCUT2D eigenvalue weighted by Crippen LogP contribution is -2.11. The number of nitrogens with one attached hydrogen (secondary N) is 1. The molecule has 20 heavy (non-hydrogen) atoms. The predicted molar refractivity (Wildman–Crippen MR) is 78.6 cm³/mol. The zero-order chi connectivity index (χ0) is 14.2. The van der Waals surface area contributed by atoms with Crippen molar-refractivity contribution in [2.24, 2.45) is 0 Å². The molecule has 0 aliphatic rings. The molecular formula is C14H17N3O2S. The fourth-order valence-corrected chi connectivity index (χ4v) is 2.49. The number of amides is 1. The average Bonchev–Trinajstić information content (AvgIpc) is 2.88. The van der Waals surface area contributed by atoms with Crippen molar-refractivity contribution in [1.29, 1.82) is 0 Å². The fourth-order valence-electron chi connectivity index (χ4n) is 1.77. The zero-order valence-electron chi connectivity index (χ0n) is 11.3. The van der Waals surface area contributed by atoms with Crippen molar-refractivity contribution >= 4 is 22.4 Å². The Morgan fingerprint density at radius 1 is 1.30 bits per heavy atom. The lowest BCUT2D eigenvalue weighted by Gasteiger charge is -2.01. The topological polar surface area (TPSA) is 64.1 Å². The van der Waals surface area contributed by atoms with E-state index in [2.05, 4.69) is 27.6 Å². The Morgan fingerprint density at radius 3 is 2.85 bits per heavy atom.